The first kappa shape index (κ1) is 19.4. The molecule has 1 fully saturated rings. The van der Waals surface area contributed by atoms with Gasteiger partial charge in [0.15, 0.2) is 0 Å². The predicted molar refractivity (Wildman–Crippen MR) is 93.1 cm³/mol. The highest BCUT2D eigenvalue weighted by Gasteiger charge is 2.16. The molecule has 2 aromatic rings. The van der Waals surface area contributed by atoms with Gasteiger partial charge in [0.1, 0.15) is 12.1 Å². The summed E-state index contributed by atoms with van der Waals surface area (Å²) in [6.07, 6.45) is 2.53. The second kappa shape index (κ2) is 9.50. The SMILES string of the molecule is Cl.O=C(CC1COCCN1)NCCc1coc(-c2ccc(F)cc2)n1. The zero-order valence-corrected chi connectivity index (χ0v) is 14.5. The molecule has 8 heteroatoms. The Bertz CT molecular complexity index is 672. The third kappa shape index (κ3) is 5.81. The molecule has 1 saturated heterocycles. The first-order valence-corrected chi connectivity index (χ1v) is 7.99. The molecule has 1 unspecified atom stereocenters. The summed E-state index contributed by atoms with van der Waals surface area (Å²) in [5, 5.41) is 6.11. The van der Waals surface area contributed by atoms with Crippen molar-refractivity contribution >= 4 is 18.3 Å². The minimum Gasteiger partial charge on any atom is -0.444 e. The normalized spacial score (nSPS) is 16.9. The highest BCUT2D eigenvalue weighted by molar-refractivity contribution is 5.85. The second-order valence-electron chi connectivity index (χ2n) is 5.68. The number of nitrogens with zero attached hydrogens (tertiary/aromatic N) is 1. The summed E-state index contributed by atoms with van der Waals surface area (Å²) in [6, 6.07) is 6.04. The number of nitrogens with one attached hydrogen (secondary N) is 2. The first-order valence-electron chi connectivity index (χ1n) is 7.99. The van der Waals surface area contributed by atoms with E-state index in [2.05, 4.69) is 15.6 Å². The number of carbonyl (C=O) groups excluding carboxylic acids is 1. The Hall–Kier alpha value is -1.96. The van der Waals surface area contributed by atoms with Crippen LogP contribution >= 0.6 is 12.4 Å². The van der Waals surface area contributed by atoms with Crippen molar-refractivity contribution in [3.05, 3.63) is 42.0 Å². The van der Waals surface area contributed by atoms with E-state index in [4.69, 9.17) is 9.15 Å². The molecule has 0 aliphatic carbocycles. The number of amides is 1. The number of aromatic nitrogens is 1. The zero-order chi connectivity index (χ0) is 16.8. The number of rotatable bonds is 6. The average molecular weight is 370 g/mol. The van der Waals surface area contributed by atoms with Crippen molar-refractivity contribution in [2.24, 2.45) is 0 Å². The summed E-state index contributed by atoms with van der Waals surface area (Å²) < 4.78 is 23.6. The molecule has 25 heavy (non-hydrogen) atoms. The van der Waals surface area contributed by atoms with Crippen LogP contribution in [0.25, 0.3) is 11.5 Å². The predicted octanol–water partition coefficient (Wildman–Crippen LogP) is 1.94. The van der Waals surface area contributed by atoms with Crippen LogP contribution in [-0.2, 0) is 16.0 Å². The van der Waals surface area contributed by atoms with E-state index in [0.717, 1.165) is 17.8 Å². The van der Waals surface area contributed by atoms with E-state index in [1.54, 1.807) is 18.4 Å². The van der Waals surface area contributed by atoms with Gasteiger partial charge in [0.2, 0.25) is 11.8 Å². The molecule has 0 bridgehead atoms. The maximum atomic E-state index is 12.9. The molecule has 1 aromatic heterocycles. The van der Waals surface area contributed by atoms with E-state index in [1.165, 1.54) is 12.1 Å². The number of oxazole rings is 1. The number of halogens is 2. The van der Waals surface area contributed by atoms with Crippen LogP contribution in [0.4, 0.5) is 4.39 Å². The number of carbonyl (C=O) groups is 1. The van der Waals surface area contributed by atoms with Crippen molar-refractivity contribution < 1.29 is 18.3 Å². The molecule has 2 N–H and O–H groups in total. The molecule has 1 atom stereocenters. The minimum atomic E-state index is -0.300. The van der Waals surface area contributed by atoms with Crippen LogP contribution in [0.1, 0.15) is 12.1 Å². The Morgan fingerprint density at radius 1 is 1.36 bits per heavy atom. The maximum absolute atomic E-state index is 12.9. The van der Waals surface area contributed by atoms with Gasteiger partial charge in [-0.25, -0.2) is 9.37 Å². The molecule has 2 heterocycles. The highest BCUT2D eigenvalue weighted by atomic mass is 35.5. The van der Waals surface area contributed by atoms with Crippen LogP contribution in [-0.4, -0.2) is 43.2 Å². The van der Waals surface area contributed by atoms with Crippen molar-refractivity contribution in [2.75, 3.05) is 26.3 Å². The van der Waals surface area contributed by atoms with Crippen molar-refractivity contribution in [1.29, 1.82) is 0 Å². The molecule has 0 radical (unpaired) electrons. The van der Waals surface area contributed by atoms with E-state index in [1.807, 2.05) is 0 Å². The lowest BCUT2D eigenvalue weighted by Crippen LogP contribution is -2.44. The van der Waals surface area contributed by atoms with Gasteiger partial charge in [-0.2, -0.15) is 0 Å². The largest absolute Gasteiger partial charge is 0.444 e. The van der Waals surface area contributed by atoms with Crippen LogP contribution in [0, 0.1) is 5.82 Å². The lowest BCUT2D eigenvalue weighted by Gasteiger charge is -2.23. The van der Waals surface area contributed by atoms with Crippen molar-refractivity contribution in [3.63, 3.8) is 0 Å². The Morgan fingerprint density at radius 2 is 2.16 bits per heavy atom. The van der Waals surface area contributed by atoms with Gasteiger partial charge in [0.25, 0.3) is 0 Å². The maximum Gasteiger partial charge on any atom is 0.226 e. The van der Waals surface area contributed by atoms with Gasteiger partial charge in [-0.1, -0.05) is 0 Å². The summed E-state index contributed by atoms with van der Waals surface area (Å²) in [7, 11) is 0. The summed E-state index contributed by atoms with van der Waals surface area (Å²) in [6.45, 7) is 2.53. The molecule has 0 spiro atoms. The number of benzene rings is 1. The molecular formula is C17H21ClFN3O3. The molecule has 3 rings (SSSR count). The van der Waals surface area contributed by atoms with Gasteiger partial charge < -0.3 is 19.8 Å². The Kier molecular flexibility index (Phi) is 7.36. The van der Waals surface area contributed by atoms with E-state index < -0.39 is 0 Å². The second-order valence-corrected chi connectivity index (χ2v) is 5.68. The summed E-state index contributed by atoms with van der Waals surface area (Å²) in [5.41, 5.74) is 1.46. The molecule has 1 aliphatic heterocycles. The van der Waals surface area contributed by atoms with Crippen LogP contribution in [0.2, 0.25) is 0 Å². The van der Waals surface area contributed by atoms with E-state index >= 15 is 0 Å². The van der Waals surface area contributed by atoms with Gasteiger partial charge in [0, 0.05) is 37.5 Å². The number of ether oxygens (including phenoxy) is 1. The number of hydrogen-bond acceptors (Lipinski definition) is 5. The van der Waals surface area contributed by atoms with Gasteiger partial charge in [-0.3, -0.25) is 4.79 Å². The average Bonchev–Trinajstić information content (AvgIpc) is 3.05. The lowest BCUT2D eigenvalue weighted by atomic mass is 10.2. The van der Waals surface area contributed by atoms with Gasteiger partial charge in [-0.15, -0.1) is 12.4 Å². The van der Waals surface area contributed by atoms with Crippen molar-refractivity contribution in [2.45, 2.75) is 18.9 Å². The first-order chi connectivity index (χ1) is 11.7. The fraction of sp³-hybridized carbons (Fsp3) is 0.412. The molecule has 6 nitrogen and oxygen atoms in total. The summed E-state index contributed by atoms with van der Waals surface area (Å²) in [5.74, 6) is 0.131. The molecule has 0 saturated carbocycles. The molecule has 1 aliphatic rings. The van der Waals surface area contributed by atoms with Crippen LogP contribution in [0.5, 0.6) is 0 Å². The molecule has 1 aromatic carbocycles. The van der Waals surface area contributed by atoms with Gasteiger partial charge in [-0.05, 0) is 24.3 Å². The van der Waals surface area contributed by atoms with Crippen LogP contribution < -0.4 is 10.6 Å². The van der Waals surface area contributed by atoms with E-state index in [9.17, 15) is 9.18 Å². The van der Waals surface area contributed by atoms with Crippen molar-refractivity contribution in [1.82, 2.24) is 15.6 Å². The van der Waals surface area contributed by atoms with Crippen molar-refractivity contribution in [3.8, 4) is 11.5 Å². The Balaban J connectivity index is 0.00000225. The quantitative estimate of drug-likeness (QED) is 0.813. The topological polar surface area (TPSA) is 76.4 Å². The van der Waals surface area contributed by atoms with Crippen LogP contribution in [0.3, 0.4) is 0 Å². The van der Waals surface area contributed by atoms with Gasteiger partial charge >= 0.3 is 0 Å². The smallest absolute Gasteiger partial charge is 0.226 e. The fourth-order valence-corrected chi connectivity index (χ4v) is 2.52. The van der Waals surface area contributed by atoms with Gasteiger partial charge in [0.05, 0.1) is 18.9 Å². The summed E-state index contributed by atoms with van der Waals surface area (Å²) >= 11 is 0. The third-order valence-corrected chi connectivity index (χ3v) is 3.78. The van der Waals surface area contributed by atoms with E-state index in [0.29, 0.717) is 38.5 Å². The summed E-state index contributed by atoms with van der Waals surface area (Å²) in [4.78, 5) is 16.2. The number of hydrogen-bond donors (Lipinski definition) is 2. The Morgan fingerprint density at radius 3 is 2.88 bits per heavy atom. The fourth-order valence-electron chi connectivity index (χ4n) is 2.52. The zero-order valence-electron chi connectivity index (χ0n) is 13.7. The van der Waals surface area contributed by atoms with Crippen LogP contribution in [0.15, 0.2) is 34.9 Å². The number of morpholine rings is 1. The monoisotopic (exact) mass is 369 g/mol. The lowest BCUT2D eigenvalue weighted by molar-refractivity contribution is -0.122. The third-order valence-electron chi connectivity index (χ3n) is 3.78. The standard InChI is InChI=1S/C17H20FN3O3.ClH/c18-13-3-1-12(2-4-13)17-21-14(11-24-17)5-6-20-16(22)9-15-10-23-8-7-19-15;/h1-4,11,15,19H,5-10H2,(H,20,22);1H. The highest BCUT2D eigenvalue weighted by Crippen LogP contribution is 2.18. The van der Waals surface area contributed by atoms with E-state index in [-0.39, 0.29) is 30.2 Å². The molecular weight excluding hydrogens is 349 g/mol. The molecule has 136 valence electrons. The molecule has 1 amide bonds. The minimum absolute atomic E-state index is 0. The Labute approximate surface area is 151 Å².